The van der Waals surface area contributed by atoms with Crippen molar-refractivity contribution in [2.45, 2.75) is 31.7 Å². The van der Waals surface area contributed by atoms with Crippen LogP contribution in [0, 0.1) is 0 Å². The molecular weight excluding hydrogens is 312 g/mol. The number of aromatic nitrogens is 1. The smallest absolute Gasteiger partial charge is 0.0300 e. The number of nitrogens with zero attached hydrogens (tertiary/aromatic N) is 1. The van der Waals surface area contributed by atoms with E-state index in [1.165, 1.54) is 34.0 Å². The lowest BCUT2D eigenvalue weighted by molar-refractivity contribution is 0.461. The van der Waals surface area contributed by atoms with Gasteiger partial charge in [-0.3, -0.25) is 4.98 Å². The quantitative estimate of drug-likeness (QED) is 0.927. The Morgan fingerprint density at radius 2 is 2.20 bits per heavy atom. The van der Waals surface area contributed by atoms with Crippen LogP contribution >= 0.6 is 15.9 Å². The summed E-state index contributed by atoms with van der Waals surface area (Å²) in [5.41, 5.74) is 4.31. The molecule has 0 radical (unpaired) electrons. The molecule has 2 nitrogen and oxygen atoms in total. The predicted octanol–water partition coefficient (Wildman–Crippen LogP) is 3.53. The van der Waals surface area contributed by atoms with Gasteiger partial charge in [0.05, 0.1) is 0 Å². The summed E-state index contributed by atoms with van der Waals surface area (Å²) in [5, 5.41) is 3.69. The number of aryl methyl sites for hydroxylation is 1. The summed E-state index contributed by atoms with van der Waals surface area (Å²) in [7, 11) is 0. The maximum absolute atomic E-state index is 4.16. The van der Waals surface area contributed by atoms with Crippen molar-refractivity contribution in [1.29, 1.82) is 0 Å². The summed E-state index contributed by atoms with van der Waals surface area (Å²) in [6.07, 6.45) is 8.39. The van der Waals surface area contributed by atoms with E-state index in [1.54, 1.807) is 0 Å². The summed E-state index contributed by atoms with van der Waals surface area (Å²) >= 11 is 3.55. The normalized spacial score (nSPS) is 17.8. The third-order valence-electron chi connectivity index (χ3n) is 3.97. The van der Waals surface area contributed by atoms with Crippen molar-refractivity contribution < 1.29 is 0 Å². The van der Waals surface area contributed by atoms with Gasteiger partial charge in [-0.05, 0) is 67.1 Å². The highest BCUT2D eigenvalue weighted by Crippen LogP contribution is 2.24. The van der Waals surface area contributed by atoms with Gasteiger partial charge in [-0.1, -0.05) is 28.1 Å². The summed E-state index contributed by atoms with van der Waals surface area (Å²) in [4.78, 5) is 4.16. The van der Waals surface area contributed by atoms with E-state index in [9.17, 15) is 0 Å². The molecule has 1 aromatic heterocycles. The van der Waals surface area contributed by atoms with Crippen molar-refractivity contribution in [1.82, 2.24) is 10.3 Å². The number of hydrogen-bond acceptors (Lipinski definition) is 2. The molecule has 0 saturated heterocycles. The first kappa shape index (κ1) is 13.8. The van der Waals surface area contributed by atoms with E-state index >= 15 is 0 Å². The first-order valence-electron chi connectivity index (χ1n) is 7.21. The van der Waals surface area contributed by atoms with E-state index < -0.39 is 0 Å². The van der Waals surface area contributed by atoms with Gasteiger partial charge in [0, 0.05) is 22.9 Å². The number of hydrogen-bond donors (Lipinski definition) is 1. The van der Waals surface area contributed by atoms with Crippen molar-refractivity contribution in [3.05, 3.63) is 63.9 Å². The second-order valence-electron chi connectivity index (χ2n) is 5.42. The molecule has 1 unspecified atom stereocenters. The second-order valence-corrected chi connectivity index (χ2v) is 6.33. The standard InChI is InChI=1S/C17H19BrN2/c18-16-5-3-15-11-17(6-4-14(15)10-16)20-9-7-13-2-1-8-19-12-13/h1-3,5,8,10,12,17,20H,4,6-7,9,11H2. The first-order valence-corrected chi connectivity index (χ1v) is 8.00. The topological polar surface area (TPSA) is 24.9 Å². The zero-order valence-electron chi connectivity index (χ0n) is 11.5. The number of nitrogens with one attached hydrogen (secondary N) is 1. The monoisotopic (exact) mass is 330 g/mol. The van der Waals surface area contributed by atoms with Crippen molar-refractivity contribution in [2.75, 3.05) is 6.54 Å². The van der Waals surface area contributed by atoms with Crippen LogP contribution in [0.2, 0.25) is 0 Å². The van der Waals surface area contributed by atoms with Crippen LogP contribution in [-0.4, -0.2) is 17.6 Å². The highest BCUT2D eigenvalue weighted by atomic mass is 79.9. The maximum Gasteiger partial charge on any atom is 0.0300 e. The van der Waals surface area contributed by atoms with Crippen LogP contribution in [0.3, 0.4) is 0 Å². The van der Waals surface area contributed by atoms with Crippen LogP contribution in [0.5, 0.6) is 0 Å². The Kier molecular flexibility index (Phi) is 4.48. The van der Waals surface area contributed by atoms with Crippen LogP contribution in [0.25, 0.3) is 0 Å². The van der Waals surface area contributed by atoms with E-state index in [2.05, 4.69) is 50.5 Å². The molecule has 2 aromatic rings. The van der Waals surface area contributed by atoms with E-state index in [0.717, 1.165) is 19.4 Å². The van der Waals surface area contributed by atoms with Gasteiger partial charge in [-0.25, -0.2) is 0 Å². The molecule has 0 bridgehead atoms. The SMILES string of the molecule is Brc1ccc2c(c1)CCC(NCCc1cccnc1)C2. The predicted molar refractivity (Wildman–Crippen MR) is 85.9 cm³/mol. The van der Waals surface area contributed by atoms with Gasteiger partial charge in [0.1, 0.15) is 0 Å². The highest BCUT2D eigenvalue weighted by molar-refractivity contribution is 9.10. The molecule has 1 heterocycles. The van der Waals surface area contributed by atoms with Gasteiger partial charge in [-0.2, -0.15) is 0 Å². The Bertz CT molecular complexity index is 568. The molecule has 0 spiro atoms. The average molecular weight is 331 g/mol. The zero-order valence-corrected chi connectivity index (χ0v) is 13.1. The molecule has 0 saturated carbocycles. The molecule has 1 N–H and O–H groups in total. The molecule has 0 fully saturated rings. The van der Waals surface area contributed by atoms with Crippen LogP contribution in [0.1, 0.15) is 23.1 Å². The number of halogens is 1. The van der Waals surface area contributed by atoms with Crippen molar-refractivity contribution in [3.63, 3.8) is 0 Å². The average Bonchev–Trinajstić information content (AvgIpc) is 2.48. The Morgan fingerprint density at radius 3 is 3.05 bits per heavy atom. The molecule has 0 amide bonds. The molecule has 104 valence electrons. The first-order chi connectivity index (χ1) is 9.81. The number of fused-ring (bicyclic) bond motifs is 1. The van der Waals surface area contributed by atoms with E-state index in [1.807, 2.05) is 18.5 Å². The third-order valence-corrected chi connectivity index (χ3v) is 4.46. The molecule has 1 atom stereocenters. The maximum atomic E-state index is 4.16. The van der Waals surface area contributed by atoms with Gasteiger partial charge in [0.15, 0.2) is 0 Å². The molecule has 0 aliphatic heterocycles. The summed E-state index contributed by atoms with van der Waals surface area (Å²) in [5.74, 6) is 0. The van der Waals surface area contributed by atoms with Gasteiger partial charge in [-0.15, -0.1) is 0 Å². The van der Waals surface area contributed by atoms with Crippen LogP contribution in [-0.2, 0) is 19.3 Å². The molecule has 3 rings (SSSR count). The lowest BCUT2D eigenvalue weighted by Gasteiger charge is -2.25. The van der Waals surface area contributed by atoms with E-state index in [4.69, 9.17) is 0 Å². The molecular formula is C17H19BrN2. The Balaban J connectivity index is 1.52. The zero-order chi connectivity index (χ0) is 13.8. The largest absolute Gasteiger partial charge is 0.313 e. The minimum absolute atomic E-state index is 0.611. The minimum Gasteiger partial charge on any atom is -0.313 e. The van der Waals surface area contributed by atoms with Gasteiger partial charge < -0.3 is 5.32 Å². The minimum atomic E-state index is 0.611. The fourth-order valence-corrected chi connectivity index (χ4v) is 3.27. The molecule has 20 heavy (non-hydrogen) atoms. The van der Waals surface area contributed by atoms with Crippen molar-refractivity contribution in [2.24, 2.45) is 0 Å². The number of rotatable bonds is 4. The number of benzene rings is 1. The van der Waals surface area contributed by atoms with Crippen LogP contribution < -0.4 is 5.32 Å². The Labute approximate surface area is 128 Å². The second kappa shape index (κ2) is 6.51. The van der Waals surface area contributed by atoms with Crippen molar-refractivity contribution in [3.8, 4) is 0 Å². The van der Waals surface area contributed by atoms with Crippen LogP contribution in [0.4, 0.5) is 0 Å². The Morgan fingerprint density at radius 1 is 1.25 bits per heavy atom. The van der Waals surface area contributed by atoms with Gasteiger partial charge in [0.25, 0.3) is 0 Å². The Hall–Kier alpha value is -1.19. The van der Waals surface area contributed by atoms with Crippen molar-refractivity contribution >= 4 is 15.9 Å². The lowest BCUT2D eigenvalue weighted by atomic mass is 9.88. The molecule has 1 aliphatic rings. The third kappa shape index (κ3) is 3.47. The summed E-state index contributed by atoms with van der Waals surface area (Å²) < 4.78 is 1.19. The van der Waals surface area contributed by atoms with E-state index in [-0.39, 0.29) is 0 Å². The fraction of sp³-hybridized carbons (Fsp3) is 0.353. The summed E-state index contributed by atoms with van der Waals surface area (Å²) in [6, 6.07) is 11.4. The van der Waals surface area contributed by atoms with Crippen LogP contribution in [0.15, 0.2) is 47.2 Å². The molecule has 1 aromatic carbocycles. The number of pyridine rings is 1. The molecule has 3 heteroatoms. The van der Waals surface area contributed by atoms with E-state index in [0.29, 0.717) is 6.04 Å². The van der Waals surface area contributed by atoms with Gasteiger partial charge in [0.2, 0.25) is 0 Å². The van der Waals surface area contributed by atoms with Gasteiger partial charge >= 0.3 is 0 Å². The highest BCUT2D eigenvalue weighted by Gasteiger charge is 2.17. The lowest BCUT2D eigenvalue weighted by Crippen LogP contribution is -2.35. The molecule has 1 aliphatic carbocycles. The fourth-order valence-electron chi connectivity index (χ4n) is 2.86. The summed E-state index contributed by atoms with van der Waals surface area (Å²) in [6.45, 7) is 1.03.